The number of thiophene rings is 1. The van der Waals surface area contributed by atoms with E-state index in [9.17, 15) is 5.11 Å². The zero-order valence-corrected chi connectivity index (χ0v) is 14.0. The SMILES string of the molecule is CCCC(Cc1ccsc1)NC1CCc2c(O)cccc2C1. The van der Waals surface area contributed by atoms with Crippen LogP contribution >= 0.6 is 11.3 Å². The highest BCUT2D eigenvalue weighted by Crippen LogP contribution is 2.29. The summed E-state index contributed by atoms with van der Waals surface area (Å²) >= 11 is 1.78. The quantitative estimate of drug-likeness (QED) is 0.832. The number of benzene rings is 1. The van der Waals surface area contributed by atoms with Gasteiger partial charge in [-0.05, 0) is 71.7 Å². The summed E-state index contributed by atoms with van der Waals surface area (Å²) in [6.45, 7) is 2.26. The van der Waals surface area contributed by atoms with Crippen molar-refractivity contribution >= 4 is 11.3 Å². The Hall–Kier alpha value is -1.32. The first kappa shape index (κ1) is 15.6. The van der Waals surface area contributed by atoms with Gasteiger partial charge in [0, 0.05) is 12.1 Å². The van der Waals surface area contributed by atoms with Gasteiger partial charge in [-0.1, -0.05) is 25.5 Å². The number of aromatic hydroxyl groups is 1. The molecular formula is C19H25NOS. The Kier molecular flexibility index (Phi) is 5.16. The van der Waals surface area contributed by atoms with E-state index in [0.29, 0.717) is 17.8 Å². The molecule has 0 bridgehead atoms. The lowest BCUT2D eigenvalue weighted by Gasteiger charge is -2.30. The summed E-state index contributed by atoms with van der Waals surface area (Å²) in [6.07, 6.45) is 6.70. The minimum atomic E-state index is 0.472. The molecule has 0 aliphatic heterocycles. The minimum Gasteiger partial charge on any atom is -0.508 e. The van der Waals surface area contributed by atoms with Gasteiger partial charge >= 0.3 is 0 Å². The monoisotopic (exact) mass is 315 g/mol. The van der Waals surface area contributed by atoms with Gasteiger partial charge in [-0.2, -0.15) is 11.3 Å². The van der Waals surface area contributed by atoms with Crippen LogP contribution in [-0.4, -0.2) is 17.2 Å². The molecule has 2 nitrogen and oxygen atoms in total. The molecular weight excluding hydrogens is 290 g/mol. The Morgan fingerprint density at radius 1 is 1.36 bits per heavy atom. The van der Waals surface area contributed by atoms with E-state index in [-0.39, 0.29) is 0 Å². The van der Waals surface area contributed by atoms with Crippen LogP contribution in [0.5, 0.6) is 5.75 Å². The molecule has 1 aliphatic rings. The second-order valence-electron chi connectivity index (χ2n) is 6.34. The zero-order chi connectivity index (χ0) is 15.4. The second kappa shape index (κ2) is 7.30. The molecule has 3 rings (SSSR count). The molecule has 1 aromatic heterocycles. The summed E-state index contributed by atoms with van der Waals surface area (Å²) in [7, 11) is 0. The van der Waals surface area contributed by atoms with Gasteiger partial charge in [-0.15, -0.1) is 0 Å². The molecule has 118 valence electrons. The fourth-order valence-electron chi connectivity index (χ4n) is 3.55. The van der Waals surface area contributed by atoms with E-state index in [2.05, 4.69) is 35.1 Å². The standard InChI is InChI=1S/C19H25NOS/c1-2-4-16(11-14-9-10-22-13-14)20-17-7-8-18-15(12-17)5-3-6-19(18)21/h3,5-6,9-10,13,16-17,20-21H,2,4,7-8,11-12H2,1H3. The van der Waals surface area contributed by atoms with Crippen LogP contribution in [0.15, 0.2) is 35.0 Å². The van der Waals surface area contributed by atoms with Crippen LogP contribution in [-0.2, 0) is 19.3 Å². The number of rotatable bonds is 6. The van der Waals surface area contributed by atoms with Gasteiger partial charge in [-0.25, -0.2) is 0 Å². The molecule has 1 aliphatic carbocycles. The van der Waals surface area contributed by atoms with Gasteiger partial charge in [0.05, 0.1) is 0 Å². The maximum absolute atomic E-state index is 9.96. The van der Waals surface area contributed by atoms with Crippen molar-refractivity contribution in [3.63, 3.8) is 0 Å². The lowest BCUT2D eigenvalue weighted by Crippen LogP contribution is -2.42. The molecule has 2 N–H and O–H groups in total. The van der Waals surface area contributed by atoms with E-state index < -0.39 is 0 Å². The first-order valence-corrected chi connectivity index (χ1v) is 9.27. The first-order chi connectivity index (χ1) is 10.8. The number of hydrogen-bond acceptors (Lipinski definition) is 3. The Balaban J connectivity index is 1.64. The molecule has 22 heavy (non-hydrogen) atoms. The third-order valence-electron chi connectivity index (χ3n) is 4.63. The van der Waals surface area contributed by atoms with Crippen molar-refractivity contribution < 1.29 is 5.11 Å². The van der Waals surface area contributed by atoms with Gasteiger partial charge in [0.15, 0.2) is 0 Å². The average molecular weight is 315 g/mol. The van der Waals surface area contributed by atoms with Crippen molar-refractivity contribution in [2.24, 2.45) is 0 Å². The molecule has 0 fully saturated rings. The summed E-state index contributed by atoms with van der Waals surface area (Å²) in [5, 5.41) is 18.3. The molecule has 2 aromatic rings. The molecule has 0 radical (unpaired) electrons. The number of phenols is 1. The predicted molar refractivity (Wildman–Crippen MR) is 93.8 cm³/mol. The predicted octanol–water partition coefficient (Wildman–Crippen LogP) is 4.31. The molecule has 2 atom stereocenters. The Bertz CT molecular complexity index is 593. The van der Waals surface area contributed by atoms with E-state index in [4.69, 9.17) is 0 Å². The Labute approximate surface area is 137 Å². The third kappa shape index (κ3) is 3.71. The molecule has 0 spiro atoms. The summed E-state index contributed by atoms with van der Waals surface area (Å²) in [4.78, 5) is 0. The number of nitrogens with one attached hydrogen (secondary N) is 1. The molecule has 0 saturated carbocycles. The molecule has 1 heterocycles. The van der Waals surface area contributed by atoms with E-state index in [1.807, 2.05) is 12.1 Å². The van der Waals surface area contributed by atoms with Crippen molar-refractivity contribution in [1.82, 2.24) is 5.32 Å². The summed E-state index contributed by atoms with van der Waals surface area (Å²) < 4.78 is 0. The van der Waals surface area contributed by atoms with Gasteiger partial charge in [0.2, 0.25) is 0 Å². The molecule has 1 aromatic carbocycles. The molecule has 0 saturated heterocycles. The van der Waals surface area contributed by atoms with Gasteiger partial charge in [0.1, 0.15) is 5.75 Å². The van der Waals surface area contributed by atoms with Crippen molar-refractivity contribution in [2.75, 3.05) is 0 Å². The Morgan fingerprint density at radius 2 is 2.27 bits per heavy atom. The third-order valence-corrected chi connectivity index (χ3v) is 5.36. The van der Waals surface area contributed by atoms with E-state index >= 15 is 0 Å². The van der Waals surface area contributed by atoms with Gasteiger partial charge in [-0.3, -0.25) is 0 Å². The maximum Gasteiger partial charge on any atom is 0.119 e. The highest BCUT2D eigenvalue weighted by Gasteiger charge is 2.22. The van der Waals surface area contributed by atoms with Crippen LogP contribution in [0.2, 0.25) is 0 Å². The number of fused-ring (bicyclic) bond motifs is 1. The molecule has 2 unspecified atom stereocenters. The first-order valence-electron chi connectivity index (χ1n) is 8.33. The normalized spacial score (nSPS) is 18.9. The van der Waals surface area contributed by atoms with Crippen LogP contribution in [0, 0.1) is 0 Å². The highest BCUT2D eigenvalue weighted by molar-refractivity contribution is 7.07. The second-order valence-corrected chi connectivity index (χ2v) is 7.12. The van der Waals surface area contributed by atoms with Crippen molar-refractivity contribution in [3.05, 3.63) is 51.7 Å². The smallest absolute Gasteiger partial charge is 0.119 e. The lowest BCUT2D eigenvalue weighted by atomic mass is 9.87. The van der Waals surface area contributed by atoms with Crippen LogP contribution < -0.4 is 5.32 Å². The van der Waals surface area contributed by atoms with Crippen molar-refractivity contribution in [1.29, 1.82) is 0 Å². The maximum atomic E-state index is 9.96. The van der Waals surface area contributed by atoms with Gasteiger partial charge < -0.3 is 10.4 Å². The van der Waals surface area contributed by atoms with Crippen LogP contribution in [0.3, 0.4) is 0 Å². The van der Waals surface area contributed by atoms with Crippen molar-refractivity contribution in [3.8, 4) is 5.75 Å². The van der Waals surface area contributed by atoms with Gasteiger partial charge in [0.25, 0.3) is 0 Å². The number of hydrogen-bond donors (Lipinski definition) is 2. The number of phenolic OH excluding ortho intramolecular Hbond substituents is 1. The highest BCUT2D eigenvalue weighted by atomic mass is 32.1. The zero-order valence-electron chi connectivity index (χ0n) is 13.2. The largest absolute Gasteiger partial charge is 0.508 e. The fourth-order valence-corrected chi connectivity index (χ4v) is 4.23. The van der Waals surface area contributed by atoms with Crippen LogP contribution in [0.1, 0.15) is 42.9 Å². The molecule has 3 heteroatoms. The topological polar surface area (TPSA) is 32.3 Å². The lowest BCUT2D eigenvalue weighted by molar-refractivity contribution is 0.369. The summed E-state index contributed by atoms with van der Waals surface area (Å²) in [5.41, 5.74) is 3.92. The average Bonchev–Trinajstić information content (AvgIpc) is 3.00. The summed E-state index contributed by atoms with van der Waals surface area (Å²) in [5.74, 6) is 0.472. The van der Waals surface area contributed by atoms with Crippen LogP contribution in [0.4, 0.5) is 0 Å². The Morgan fingerprint density at radius 3 is 3.05 bits per heavy atom. The summed E-state index contributed by atoms with van der Waals surface area (Å²) in [6, 6.07) is 9.27. The van der Waals surface area contributed by atoms with E-state index in [1.165, 1.54) is 24.0 Å². The van der Waals surface area contributed by atoms with Crippen molar-refractivity contribution in [2.45, 2.75) is 57.5 Å². The van der Waals surface area contributed by atoms with E-state index in [1.54, 1.807) is 11.3 Å². The van der Waals surface area contributed by atoms with E-state index in [0.717, 1.165) is 31.2 Å². The fraction of sp³-hybridized carbons (Fsp3) is 0.474. The molecule has 0 amide bonds. The van der Waals surface area contributed by atoms with Crippen LogP contribution in [0.25, 0.3) is 0 Å². The minimum absolute atomic E-state index is 0.472.